The minimum absolute atomic E-state index is 0.107. The standard InChI is InChI=1S/C23H24N2O2S/c1-16-21(28-15-24-16)10-11-22(26)25-12-4-7-20(14-25)23(27)19-9-8-17-5-2-3-6-18(17)13-19/h2-3,5-6,8-9,13,15,20H,4,7,10-12,14H2,1H3. The molecule has 1 aromatic heterocycles. The fourth-order valence-corrected chi connectivity index (χ4v) is 4.72. The number of hydrogen-bond acceptors (Lipinski definition) is 4. The molecule has 5 heteroatoms. The number of piperidine rings is 1. The van der Waals surface area contributed by atoms with Gasteiger partial charge in [-0.2, -0.15) is 0 Å². The largest absolute Gasteiger partial charge is 0.342 e. The van der Waals surface area contributed by atoms with Crippen LogP contribution in [0.2, 0.25) is 0 Å². The third kappa shape index (κ3) is 3.99. The van der Waals surface area contributed by atoms with Gasteiger partial charge in [0.25, 0.3) is 0 Å². The van der Waals surface area contributed by atoms with Crippen LogP contribution < -0.4 is 0 Å². The lowest BCUT2D eigenvalue weighted by molar-refractivity contribution is -0.132. The normalized spacial score (nSPS) is 17.0. The average molecular weight is 393 g/mol. The van der Waals surface area contributed by atoms with Gasteiger partial charge in [0.05, 0.1) is 11.2 Å². The molecule has 2 aromatic carbocycles. The van der Waals surface area contributed by atoms with Crippen molar-refractivity contribution in [3.05, 3.63) is 64.1 Å². The van der Waals surface area contributed by atoms with Crippen LogP contribution in [0.5, 0.6) is 0 Å². The Morgan fingerprint density at radius 3 is 2.79 bits per heavy atom. The van der Waals surface area contributed by atoms with Gasteiger partial charge in [-0.15, -0.1) is 11.3 Å². The Hall–Kier alpha value is -2.53. The van der Waals surface area contributed by atoms with Gasteiger partial charge < -0.3 is 4.90 Å². The third-order valence-electron chi connectivity index (χ3n) is 5.59. The van der Waals surface area contributed by atoms with E-state index in [2.05, 4.69) is 11.1 Å². The number of Topliss-reactive ketones (excluding diaryl/α,β-unsaturated/α-hetero) is 1. The summed E-state index contributed by atoms with van der Waals surface area (Å²) in [6, 6.07) is 14.0. The molecule has 0 bridgehead atoms. The van der Waals surface area contributed by atoms with Crippen molar-refractivity contribution >= 4 is 33.8 Å². The van der Waals surface area contributed by atoms with Gasteiger partial charge in [0.2, 0.25) is 5.91 Å². The van der Waals surface area contributed by atoms with Crippen LogP contribution in [0.15, 0.2) is 48.0 Å². The first-order valence-electron chi connectivity index (χ1n) is 9.81. The second-order valence-electron chi connectivity index (χ2n) is 7.47. The van der Waals surface area contributed by atoms with Crippen LogP contribution in [0.25, 0.3) is 10.8 Å². The van der Waals surface area contributed by atoms with Gasteiger partial charge in [0.1, 0.15) is 0 Å². The molecule has 0 radical (unpaired) electrons. The van der Waals surface area contributed by atoms with Crippen molar-refractivity contribution in [2.75, 3.05) is 13.1 Å². The molecular formula is C23H24N2O2S. The molecule has 1 atom stereocenters. The van der Waals surface area contributed by atoms with E-state index in [-0.39, 0.29) is 17.6 Å². The lowest BCUT2D eigenvalue weighted by Gasteiger charge is -2.32. The second-order valence-corrected chi connectivity index (χ2v) is 8.41. The summed E-state index contributed by atoms with van der Waals surface area (Å²) in [6.45, 7) is 3.27. The van der Waals surface area contributed by atoms with Gasteiger partial charge in [-0.3, -0.25) is 9.59 Å². The molecule has 0 N–H and O–H groups in total. The summed E-state index contributed by atoms with van der Waals surface area (Å²) in [4.78, 5) is 33.0. The molecule has 4 nitrogen and oxygen atoms in total. The summed E-state index contributed by atoms with van der Waals surface area (Å²) in [5, 5.41) is 2.22. The molecule has 28 heavy (non-hydrogen) atoms. The van der Waals surface area contributed by atoms with Crippen molar-refractivity contribution in [3.8, 4) is 0 Å². The number of fused-ring (bicyclic) bond motifs is 1. The Labute approximate surface area is 169 Å². The minimum Gasteiger partial charge on any atom is -0.342 e. The van der Waals surface area contributed by atoms with Gasteiger partial charge in [-0.05, 0) is 43.0 Å². The van der Waals surface area contributed by atoms with E-state index >= 15 is 0 Å². The summed E-state index contributed by atoms with van der Waals surface area (Å²) in [7, 11) is 0. The molecule has 144 valence electrons. The van der Waals surface area contributed by atoms with E-state index in [1.165, 1.54) is 4.88 Å². The molecule has 1 amide bonds. The van der Waals surface area contributed by atoms with E-state index in [1.54, 1.807) is 11.3 Å². The number of aryl methyl sites for hydroxylation is 2. The van der Waals surface area contributed by atoms with E-state index in [4.69, 9.17) is 0 Å². The first-order valence-corrected chi connectivity index (χ1v) is 10.7. The molecule has 0 saturated carbocycles. The zero-order valence-electron chi connectivity index (χ0n) is 16.1. The summed E-state index contributed by atoms with van der Waals surface area (Å²) in [5.41, 5.74) is 3.59. The first-order chi connectivity index (χ1) is 13.6. The zero-order valence-corrected chi connectivity index (χ0v) is 16.9. The molecule has 1 aliphatic rings. The number of carbonyl (C=O) groups excluding carboxylic acids is 2. The third-order valence-corrected chi connectivity index (χ3v) is 6.58. The predicted octanol–water partition coefficient (Wildman–Crippen LogP) is 4.66. The Bertz CT molecular complexity index is 1010. The average Bonchev–Trinajstić information content (AvgIpc) is 3.16. The van der Waals surface area contributed by atoms with Crippen molar-refractivity contribution < 1.29 is 9.59 Å². The quantitative estimate of drug-likeness (QED) is 0.594. The predicted molar refractivity (Wildman–Crippen MR) is 113 cm³/mol. The van der Waals surface area contributed by atoms with Crippen LogP contribution in [0.3, 0.4) is 0 Å². The highest BCUT2D eigenvalue weighted by Gasteiger charge is 2.29. The van der Waals surface area contributed by atoms with Crippen LogP contribution in [0, 0.1) is 12.8 Å². The second kappa shape index (κ2) is 8.23. The number of ketones is 1. The first kappa shape index (κ1) is 18.8. The van der Waals surface area contributed by atoms with Gasteiger partial charge in [0, 0.05) is 35.9 Å². The monoisotopic (exact) mass is 392 g/mol. The molecule has 1 aliphatic heterocycles. The lowest BCUT2D eigenvalue weighted by atomic mass is 9.89. The molecule has 1 fully saturated rings. The highest BCUT2D eigenvalue weighted by atomic mass is 32.1. The number of benzene rings is 2. The fourth-order valence-electron chi connectivity index (χ4n) is 3.94. The van der Waals surface area contributed by atoms with Crippen LogP contribution in [0.4, 0.5) is 0 Å². The van der Waals surface area contributed by atoms with Crippen LogP contribution in [-0.4, -0.2) is 34.7 Å². The summed E-state index contributed by atoms with van der Waals surface area (Å²) < 4.78 is 0. The van der Waals surface area contributed by atoms with Crippen molar-refractivity contribution in [1.82, 2.24) is 9.88 Å². The van der Waals surface area contributed by atoms with Gasteiger partial charge in [-0.25, -0.2) is 4.98 Å². The summed E-state index contributed by atoms with van der Waals surface area (Å²) in [6.07, 6.45) is 2.95. The zero-order chi connectivity index (χ0) is 19.5. The van der Waals surface area contributed by atoms with Crippen LogP contribution in [0.1, 0.15) is 40.2 Å². The van der Waals surface area contributed by atoms with Crippen LogP contribution >= 0.6 is 11.3 Å². The maximum atomic E-state index is 13.1. The van der Waals surface area contributed by atoms with E-state index < -0.39 is 0 Å². The van der Waals surface area contributed by atoms with E-state index in [9.17, 15) is 9.59 Å². The van der Waals surface area contributed by atoms with Crippen molar-refractivity contribution in [1.29, 1.82) is 0 Å². The molecule has 3 aromatic rings. The smallest absolute Gasteiger partial charge is 0.222 e. The van der Waals surface area contributed by atoms with Crippen molar-refractivity contribution in [2.45, 2.75) is 32.6 Å². The number of aromatic nitrogens is 1. The van der Waals surface area contributed by atoms with E-state index in [1.807, 2.05) is 53.7 Å². The number of nitrogens with zero attached hydrogens (tertiary/aromatic N) is 2. The number of rotatable bonds is 5. The fraction of sp³-hybridized carbons (Fsp3) is 0.348. The van der Waals surface area contributed by atoms with E-state index in [0.717, 1.165) is 47.8 Å². The van der Waals surface area contributed by atoms with Crippen LogP contribution in [-0.2, 0) is 11.2 Å². The van der Waals surface area contributed by atoms with Gasteiger partial charge >= 0.3 is 0 Å². The molecular weight excluding hydrogens is 368 g/mol. The van der Waals surface area contributed by atoms with E-state index in [0.29, 0.717) is 13.0 Å². The molecule has 0 aliphatic carbocycles. The number of amides is 1. The number of likely N-dealkylation sites (tertiary alicyclic amines) is 1. The van der Waals surface area contributed by atoms with Gasteiger partial charge in [-0.1, -0.05) is 36.4 Å². The maximum absolute atomic E-state index is 13.1. The number of hydrogen-bond donors (Lipinski definition) is 0. The van der Waals surface area contributed by atoms with Crippen molar-refractivity contribution in [2.24, 2.45) is 5.92 Å². The summed E-state index contributed by atoms with van der Waals surface area (Å²) >= 11 is 1.61. The molecule has 0 spiro atoms. The topological polar surface area (TPSA) is 50.3 Å². The Morgan fingerprint density at radius 1 is 1.18 bits per heavy atom. The Kier molecular flexibility index (Phi) is 5.53. The summed E-state index contributed by atoms with van der Waals surface area (Å²) in [5.74, 6) is 0.189. The number of carbonyl (C=O) groups is 2. The minimum atomic E-state index is -0.107. The highest BCUT2D eigenvalue weighted by molar-refractivity contribution is 7.09. The number of thiazole rings is 1. The molecule has 2 heterocycles. The maximum Gasteiger partial charge on any atom is 0.222 e. The molecule has 4 rings (SSSR count). The molecule has 1 saturated heterocycles. The SMILES string of the molecule is Cc1ncsc1CCC(=O)N1CCCC(C(=O)c2ccc3ccccc3c2)C1. The Balaban J connectivity index is 1.41. The van der Waals surface area contributed by atoms with Crippen molar-refractivity contribution in [3.63, 3.8) is 0 Å². The lowest BCUT2D eigenvalue weighted by Crippen LogP contribution is -2.42. The Morgan fingerprint density at radius 2 is 2.00 bits per heavy atom. The highest BCUT2D eigenvalue weighted by Crippen LogP contribution is 2.24. The molecule has 1 unspecified atom stereocenters. The van der Waals surface area contributed by atoms with Gasteiger partial charge in [0.15, 0.2) is 5.78 Å².